The standard InChI is InChI=1S/C14H22N2S/c1-10-8-15-13(12-5-6-12)9-16(10)11(2)14-4-3-7-17-14/h3-4,7,10-13,15H,5-6,8-9H2,1-2H3. The quantitative estimate of drug-likeness (QED) is 0.887. The Hall–Kier alpha value is -0.380. The molecule has 1 aromatic heterocycles. The summed E-state index contributed by atoms with van der Waals surface area (Å²) in [6.45, 7) is 7.08. The number of rotatable bonds is 3. The molecular weight excluding hydrogens is 228 g/mol. The highest BCUT2D eigenvalue weighted by molar-refractivity contribution is 7.10. The van der Waals surface area contributed by atoms with Crippen LogP contribution in [0.15, 0.2) is 17.5 Å². The first kappa shape index (κ1) is 11.7. The number of nitrogens with zero attached hydrogens (tertiary/aromatic N) is 1. The average Bonchev–Trinajstić information content (AvgIpc) is 3.04. The van der Waals surface area contributed by atoms with E-state index in [1.807, 2.05) is 11.3 Å². The normalized spacial score (nSPS) is 32.6. The molecule has 1 N–H and O–H groups in total. The Balaban J connectivity index is 1.70. The van der Waals surface area contributed by atoms with Gasteiger partial charge in [0.2, 0.25) is 0 Å². The fourth-order valence-electron chi connectivity index (χ4n) is 2.96. The second kappa shape index (κ2) is 4.71. The van der Waals surface area contributed by atoms with Gasteiger partial charge in [0.25, 0.3) is 0 Å². The third-order valence-corrected chi connectivity index (χ3v) is 5.34. The maximum atomic E-state index is 3.72. The zero-order valence-electron chi connectivity index (χ0n) is 10.7. The number of nitrogens with one attached hydrogen (secondary N) is 1. The monoisotopic (exact) mass is 250 g/mol. The molecule has 1 saturated heterocycles. The Kier molecular flexibility index (Phi) is 3.24. The van der Waals surface area contributed by atoms with Crippen molar-refractivity contribution in [2.45, 2.75) is 44.8 Å². The van der Waals surface area contributed by atoms with Crippen LogP contribution >= 0.6 is 11.3 Å². The maximum Gasteiger partial charge on any atom is 0.0417 e. The first-order chi connectivity index (χ1) is 8.25. The fourth-order valence-corrected chi connectivity index (χ4v) is 3.76. The summed E-state index contributed by atoms with van der Waals surface area (Å²) >= 11 is 1.89. The van der Waals surface area contributed by atoms with Crippen molar-refractivity contribution in [3.05, 3.63) is 22.4 Å². The van der Waals surface area contributed by atoms with Crippen LogP contribution in [-0.2, 0) is 0 Å². The van der Waals surface area contributed by atoms with Crippen LogP contribution in [0, 0.1) is 5.92 Å². The van der Waals surface area contributed by atoms with Gasteiger partial charge in [-0.25, -0.2) is 0 Å². The Morgan fingerprint density at radius 2 is 2.29 bits per heavy atom. The highest BCUT2D eigenvalue weighted by atomic mass is 32.1. The van der Waals surface area contributed by atoms with E-state index in [4.69, 9.17) is 0 Å². The molecule has 3 heteroatoms. The predicted octanol–water partition coefficient (Wildman–Crippen LogP) is 2.88. The lowest BCUT2D eigenvalue weighted by molar-refractivity contribution is 0.0940. The lowest BCUT2D eigenvalue weighted by atomic mass is 10.0. The molecule has 17 heavy (non-hydrogen) atoms. The van der Waals surface area contributed by atoms with E-state index >= 15 is 0 Å². The van der Waals surface area contributed by atoms with Crippen LogP contribution in [-0.4, -0.2) is 30.1 Å². The van der Waals surface area contributed by atoms with Gasteiger partial charge in [0.15, 0.2) is 0 Å². The number of hydrogen-bond acceptors (Lipinski definition) is 3. The molecule has 0 bridgehead atoms. The molecule has 2 nitrogen and oxygen atoms in total. The molecule has 2 aliphatic rings. The first-order valence-electron chi connectivity index (χ1n) is 6.78. The first-order valence-corrected chi connectivity index (χ1v) is 7.66. The smallest absolute Gasteiger partial charge is 0.0417 e. The second-order valence-corrected chi connectivity index (χ2v) is 6.57. The third kappa shape index (κ3) is 2.42. The zero-order chi connectivity index (χ0) is 11.8. The molecule has 3 atom stereocenters. The summed E-state index contributed by atoms with van der Waals surface area (Å²) < 4.78 is 0. The van der Waals surface area contributed by atoms with E-state index in [1.54, 1.807) is 0 Å². The van der Waals surface area contributed by atoms with E-state index in [-0.39, 0.29) is 0 Å². The molecule has 94 valence electrons. The van der Waals surface area contributed by atoms with Gasteiger partial charge in [-0.2, -0.15) is 0 Å². The predicted molar refractivity (Wildman–Crippen MR) is 73.4 cm³/mol. The molecule has 1 aliphatic carbocycles. The summed E-state index contributed by atoms with van der Waals surface area (Å²) in [4.78, 5) is 4.19. The lowest BCUT2D eigenvalue weighted by Crippen LogP contribution is -2.56. The summed E-state index contributed by atoms with van der Waals surface area (Å²) in [6, 6.07) is 6.42. The van der Waals surface area contributed by atoms with Crippen molar-refractivity contribution < 1.29 is 0 Å². The van der Waals surface area contributed by atoms with E-state index < -0.39 is 0 Å². The van der Waals surface area contributed by atoms with Crippen LogP contribution in [0.1, 0.15) is 37.6 Å². The van der Waals surface area contributed by atoms with E-state index in [0.717, 1.165) is 18.5 Å². The van der Waals surface area contributed by atoms with Gasteiger partial charge < -0.3 is 5.32 Å². The van der Waals surface area contributed by atoms with Crippen molar-refractivity contribution in [3.63, 3.8) is 0 Å². The van der Waals surface area contributed by atoms with Crippen LogP contribution in [0.2, 0.25) is 0 Å². The minimum absolute atomic E-state index is 0.577. The van der Waals surface area contributed by atoms with E-state index in [0.29, 0.717) is 12.1 Å². The maximum absolute atomic E-state index is 3.72. The summed E-state index contributed by atoms with van der Waals surface area (Å²) in [7, 11) is 0. The molecule has 3 unspecified atom stereocenters. The van der Waals surface area contributed by atoms with Gasteiger partial charge in [0.1, 0.15) is 0 Å². The molecule has 2 fully saturated rings. The number of thiophene rings is 1. The van der Waals surface area contributed by atoms with E-state index in [1.165, 1.54) is 24.3 Å². The van der Waals surface area contributed by atoms with Crippen molar-refractivity contribution in [2.24, 2.45) is 5.92 Å². The molecule has 0 spiro atoms. The van der Waals surface area contributed by atoms with Gasteiger partial charge in [0, 0.05) is 36.1 Å². The van der Waals surface area contributed by atoms with E-state index in [9.17, 15) is 0 Å². The Bertz CT molecular complexity index is 358. The van der Waals surface area contributed by atoms with Crippen molar-refractivity contribution in [1.29, 1.82) is 0 Å². The Morgan fingerprint density at radius 1 is 1.47 bits per heavy atom. The summed E-state index contributed by atoms with van der Waals surface area (Å²) in [6.07, 6.45) is 2.88. The molecule has 0 aromatic carbocycles. The van der Waals surface area contributed by atoms with Crippen molar-refractivity contribution in [3.8, 4) is 0 Å². The molecule has 0 radical (unpaired) electrons. The van der Waals surface area contributed by atoms with Crippen molar-refractivity contribution in [1.82, 2.24) is 10.2 Å². The fraction of sp³-hybridized carbons (Fsp3) is 0.714. The molecule has 0 amide bonds. The number of piperazine rings is 1. The number of hydrogen-bond donors (Lipinski definition) is 1. The van der Waals surface area contributed by atoms with Crippen LogP contribution in [0.25, 0.3) is 0 Å². The van der Waals surface area contributed by atoms with Gasteiger partial charge in [0.05, 0.1) is 0 Å². The topological polar surface area (TPSA) is 15.3 Å². The lowest BCUT2D eigenvalue weighted by Gasteiger charge is -2.42. The molecule has 1 saturated carbocycles. The van der Waals surface area contributed by atoms with Crippen LogP contribution in [0.3, 0.4) is 0 Å². The zero-order valence-corrected chi connectivity index (χ0v) is 11.5. The van der Waals surface area contributed by atoms with Crippen LogP contribution in [0.5, 0.6) is 0 Å². The van der Waals surface area contributed by atoms with Crippen LogP contribution < -0.4 is 5.32 Å². The molecule has 3 rings (SSSR count). The summed E-state index contributed by atoms with van der Waals surface area (Å²) in [5.41, 5.74) is 0. The van der Waals surface area contributed by atoms with Crippen molar-refractivity contribution in [2.75, 3.05) is 13.1 Å². The minimum Gasteiger partial charge on any atom is -0.311 e. The van der Waals surface area contributed by atoms with Gasteiger partial charge in [-0.1, -0.05) is 6.07 Å². The Labute approximate surface area is 108 Å². The largest absolute Gasteiger partial charge is 0.311 e. The second-order valence-electron chi connectivity index (χ2n) is 5.59. The van der Waals surface area contributed by atoms with Crippen molar-refractivity contribution >= 4 is 11.3 Å². The molecule has 1 aliphatic heterocycles. The SMILES string of the molecule is CC1CNC(C2CC2)CN1C(C)c1cccs1. The van der Waals surface area contributed by atoms with Crippen LogP contribution in [0.4, 0.5) is 0 Å². The molecular formula is C14H22N2S. The highest BCUT2D eigenvalue weighted by Gasteiger charge is 2.37. The van der Waals surface area contributed by atoms with Gasteiger partial charge >= 0.3 is 0 Å². The molecule has 1 aromatic rings. The Morgan fingerprint density at radius 3 is 2.94 bits per heavy atom. The third-order valence-electron chi connectivity index (χ3n) is 4.29. The summed E-state index contributed by atoms with van der Waals surface area (Å²) in [5, 5.41) is 5.91. The van der Waals surface area contributed by atoms with Gasteiger partial charge in [-0.3, -0.25) is 4.90 Å². The highest BCUT2D eigenvalue weighted by Crippen LogP contribution is 2.36. The van der Waals surface area contributed by atoms with Gasteiger partial charge in [-0.05, 0) is 44.1 Å². The molecule has 2 heterocycles. The summed E-state index contributed by atoms with van der Waals surface area (Å²) in [5.74, 6) is 0.959. The average molecular weight is 250 g/mol. The van der Waals surface area contributed by atoms with Gasteiger partial charge in [-0.15, -0.1) is 11.3 Å². The minimum atomic E-state index is 0.577. The van der Waals surface area contributed by atoms with E-state index in [2.05, 4.69) is 41.6 Å².